The third kappa shape index (κ3) is 5.38. The molecule has 1 saturated heterocycles. The molecular weight excluding hydrogens is 492 g/mol. The van der Waals surface area contributed by atoms with Gasteiger partial charge in [-0.25, -0.2) is 4.98 Å². The zero-order valence-corrected chi connectivity index (χ0v) is 22.7. The highest BCUT2D eigenvalue weighted by Gasteiger charge is 2.36. The van der Waals surface area contributed by atoms with Crippen LogP contribution in [-0.4, -0.2) is 36.6 Å². The number of benzene rings is 3. The third-order valence-corrected chi connectivity index (χ3v) is 8.44. The Morgan fingerprint density at radius 2 is 1.76 bits per heavy atom. The van der Waals surface area contributed by atoms with Gasteiger partial charge in [0.15, 0.2) is 10.9 Å². The number of carbonyl (C=O) groups is 1. The highest BCUT2D eigenvalue weighted by atomic mass is 32.1. The van der Waals surface area contributed by atoms with Crippen LogP contribution in [0.2, 0.25) is 0 Å². The number of hydrogen-bond acceptors (Lipinski definition) is 6. The van der Waals surface area contributed by atoms with Crippen LogP contribution in [0.5, 0.6) is 11.5 Å². The summed E-state index contributed by atoms with van der Waals surface area (Å²) in [5.41, 5.74) is 4.53. The monoisotopic (exact) mass is 524 g/mol. The van der Waals surface area contributed by atoms with Gasteiger partial charge in [-0.05, 0) is 59.2 Å². The average Bonchev–Trinajstić information content (AvgIpc) is 3.33. The van der Waals surface area contributed by atoms with Gasteiger partial charge in [0.05, 0.1) is 29.8 Å². The Bertz CT molecular complexity index is 1430. The molecular formula is C32H32N2O3S. The van der Waals surface area contributed by atoms with Gasteiger partial charge in [0.2, 0.25) is 0 Å². The zero-order chi connectivity index (χ0) is 26.1. The number of nitrogens with zero attached hydrogens (tertiary/aromatic N) is 2. The quantitative estimate of drug-likeness (QED) is 0.267. The number of fused-ring (bicyclic) bond motifs is 1. The summed E-state index contributed by atoms with van der Waals surface area (Å²) >= 11 is 1.56. The predicted octanol–water partition coefficient (Wildman–Crippen LogP) is 7.21. The van der Waals surface area contributed by atoms with Gasteiger partial charge in [-0.15, -0.1) is 0 Å². The zero-order valence-electron chi connectivity index (χ0n) is 21.9. The van der Waals surface area contributed by atoms with Crippen LogP contribution < -0.4 is 9.64 Å². The molecule has 0 N–H and O–H groups in total. The van der Waals surface area contributed by atoms with Crippen molar-refractivity contribution in [1.29, 1.82) is 0 Å². The van der Waals surface area contributed by atoms with Crippen molar-refractivity contribution in [2.45, 2.75) is 39.2 Å². The minimum absolute atomic E-state index is 0.0217. The Morgan fingerprint density at radius 3 is 2.58 bits per heavy atom. The molecule has 194 valence electrons. The van der Waals surface area contributed by atoms with Gasteiger partial charge in [0, 0.05) is 13.0 Å². The molecule has 0 amide bonds. The number of morpholine rings is 1. The number of aromatic nitrogens is 1. The number of anilines is 1. The third-order valence-electron chi connectivity index (χ3n) is 7.26. The molecule has 1 fully saturated rings. The van der Waals surface area contributed by atoms with Gasteiger partial charge in [0.25, 0.3) is 0 Å². The summed E-state index contributed by atoms with van der Waals surface area (Å²) in [5, 5.41) is 0.958. The molecule has 1 atom stereocenters. The number of thiazole rings is 1. The van der Waals surface area contributed by atoms with Crippen molar-refractivity contribution in [1.82, 2.24) is 4.98 Å². The maximum Gasteiger partial charge on any atom is 0.186 e. The molecule has 0 saturated carbocycles. The lowest BCUT2D eigenvalue weighted by Crippen LogP contribution is -2.46. The summed E-state index contributed by atoms with van der Waals surface area (Å²) in [6.45, 7) is 6.43. The fraction of sp³-hybridized carbons (Fsp3) is 0.312. The molecule has 0 unspecified atom stereocenters. The Labute approximate surface area is 228 Å². The average molecular weight is 525 g/mol. The van der Waals surface area contributed by atoms with Gasteiger partial charge >= 0.3 is 0 Å². The first kappa shape index (κ1) is 24.8. The summed E-state index contributed by atoms with van der Waals surface area (Å²) in [4.78, 5) is 21.0. The molecule has 2 heterocycles. The molecule has 38 heavy (non-hydrogen) atoms. The van der Waals surface area contributed by atoms with E-state index < -0.39 is 0 Å². The number of rotatable bonds is 6. The van der Waals surface area contributed by atoms with E-state index in [1.54, 1.807) is 11.3 Å². The van der Waals surface area contributed by atoms with Crippen LogP contribution in [-0.2, 0) is 17.6 Å². The molecule has 5 nitrogen and oxygen atoms in total. The lowest BCUT2D eigenvalue weighted by atomic mass is 9.78. The minimum atomic E-state index is -0.0217. The Kier molecular flexibility index (Phi) is 6.76. The molecule has 6 heteroatoms. The molecule has 6 rings (SSSR count). The number of carbonyl (C=O) groups excluding carboxylic acids is 1. The van der Waals surface area contributed by atoms with E-state index in [1.165, 1.54) is 11.1 Å². The Balaban J connectivity index is 1.19. The molecule has 3 aromatic carbocycles. The van der Waals surface area contributed by atoms with Gasteiger partial charge in [-0.3, -0.25) is 4.79 Å². The Hall–Kier alpha value is -3.48. The number of Topliss-reactive ketones (excluding diaryl/α,β-unsaturated/α-hetero) is 1. The summed E-state index contributed by atoms with van der Waals surface area (Å²) < 4.78 is 11.8. The first-order valence-corrected chi connectivity index (χ1v) is 14.0. The van der Waals surface area contributed by atoms with Crippen molar-refractivity contribution >= 4 is 22.3 Å². The van der Waals surface area contributed by atoms with Gasteiger partial charge in [-0.1, -0.05) is 79.8 Å². The standard InChI is InChI=1S/C32H32N2O3S/c1-32(2)19-28-30(29(35)20-32)38-31(33-28)34-15-16-36-21-25(34)18-22-7-6-8-24(17-22)23-11-13-27(14-12-23)37-26-9-4-3-5-10-26/h3-14,17,25H,15-16,18-21H2,1-2H3/t25-/m0/s1. The molecule has 0 spiro atoms. The van der Waals surface area contributed by atoms with Crippen LogP contribution in [0.1, 0.15) is 41.2 Å². The number of para-hydroxylation sites is 1. The largest absolute Gasteiger partial charge is 0.457 e. The predicted molar refractivity (Wildman–Crippen MR) is 153 cm³/mol. The molecule has 2 aliphatic rings. The summed E-state index contributed by atoms with van der Waals surface area (Å²) in [6, 6.07) is 26.9. The first-order chi connectivity index (χ1) is 18.4. The lowest BCUT2D eigenvalue weighted by molar-refractivity contribution is 0.0915. The smallest absolute Gasteiger partial charge is 0.186 e. The first-order valence-electron chi connectivity index (χ1n) is 13.2. The second-order valence-electron chi connectivity index (χ2n) is 11.0. The van der Waals surface area contributed by atoms with Crippen LogP contribution in [0, 0.1) is 5.41 Å². The van der Waals surface area contributed by atoms with Crippen LogP contribution in [0.15, 0.2) is 78.9 Å². The van der Waals surface area contributed by atoms with Crippen LogP contribution in [0.3, 0.4) is 0 Å². The lowest BCUT2D eigenvalue weighted by Gasteiger charge is -2.35. The SMILES string of the molecule is CC1(C)CC(=O)c2sc(N3CCOC[C@@H]3Cc3cccc(-c4ccc(Oc5ccccc5)cc4)c3)nc2C1. The van der Waals surface area contributed by atoms with E-state index in [0.717, 1.165) is 52.2 Å². The number of ketones is 1. The van der Waals surface area contributed by atoms with Crippen molar-refractivity contribution in [3.05, 3.63) is 95.0 Å². The summed E-state index contributed by atoms with van der Waals surface area (Å²) in [6.07, 6.45) is 2.31. The Morgan fingerprint density at radius 1 is 0.974 bits per heavy atom. The van der Waals surface area contributed by atoms with Crippen LogP contribution >= 0.6 is 11.3 Å². The van der Waals surface area contributed by atoms with Crippen molar-refractivity contribution in [3.63, 3.8) is 0 Å². The normalized spacial score (nSPS) is 18.7. The minimum Gasteiger partial charge on any atom is -0.457 e. The van der Waals surface area contributed by atoms with E-state index in [1.807, 2.05) is 42.5 Å². The van der Waals surface area contributed by atoms with Crippen LogP contribution in [0.25, 0.3) is 11.1 Å². The molecule has 1 aliphatic carbocycles. The van der Waals surface area contributed by atoms with E-state index in [0.29, 0.717) is 19.6 Å². The number of ether oxygens (including phenoxy) is 2. The van der Waals surface area contributed by atoms with E-state index in [-0.39, 0.29) is 17.2 Å². The maximum absolute atomic E-state index is 12.8. The van der Waals surface area contributed by atoms with Crippen LogP contribution in [0.4, 0.5) is 5.13 Å². The molecule has 0 radical (unpaired) electrons. The second kappa shape index (κ2) is 10.4. The molecule has 1 aliphatic heterocycles. The summed E-state index contributed by atoms with van der Waals surface area (Å²) in [5.74, 6) is 1.88. The molecule has 4 aromatic rings. The maximum atomic E-state index is 12.8. The van der Waals surface area contributed by atoms with E-state index in [2.05, 4.69) is 55.1 Å². The van der Waals surface area contributed by atoms with Crippen molar-refractivity contribution in [2.24, 2.45) is 5.41 Å². The molecule has 0 bridgehead atoms. The fourth-order valence-corrected chi connectivity index (χ4v) is 6.51. The highest BCUT2D eigenvalue weighted by molar-refractivity contribution is 7.17. The van der Waals surface area contributed by atoms with E-state index >= 15 is 0 Å². The topological polar surface area (TPSA) is 51.7 Å². The van der Waals surface area contributed by atoms with Gasteiger partial charge in [-0.2, -0.15) is 0 Å². The van der Waals surface area contributed by atoms with Gasteiger partial charge < -0.3 is 14.4 Å². The van der Waals surface area contributed by atoms with Crippen molar-refractivity contribution in [3.8, 4) is 22.6 Å². The molecule has 1 aromatic heterocycles. The second-order valence-corrected chi connectivity index (χ2v) is 12.0. The van der Waals surface area contributed by atoms with E-state index in [9.17, 15) is 4.79 Å². The number of hydrogen-bond donors (Lipinski definition) is 0. The summed E-state index contributed by atoms with van der Waals surface area (Å²) in [7, 11) is 0. The van der Waals surface area contributed by atoms with Gasteiger partial charge in [0.1, 0.15) is 11.5 Å². The van der Waals surface area contributed by atoms with Crippen molar-refractivity contribution < 1.29 is 14.3 Å². The highest BCUT2D eigenvalue weighted by Crippen LogP contribution is 2.40. The van der Waals surface area contributed by atoms with Crippen molar-refractivity contribution in [2.75, 3.05) is 24.7 Å². The fourth-order valence-electron chi connectivity index (χ4n) is 5.40. The van der Waals surface area contributed by atoms with E-state index in [4.69, 9.17) is 14.5 Å².